The van der Waals surface area contributed by atoms with Gasteiger partial charge in [0.1, 0.15) is 16.8 Å². The van der Waals surface area contributed by atoms with Crippen molar-refractivity contribution in [1.82, 2.24) is 9.24 Å². The second kappa shape index (κ2) is 6.49. The number of hydrogen-bond acceptors (Lipinski definition) is 7. The number of ether oxygens (including phenoxy) is 1. The SMILES string of the molecule is COc1c(N2CCCC(O)(CO)C2)c(F)cc2c(=O)n(N)c(=O)n(C3CC3)c12. The van der Waals surface area contributed by atoms with Crippen LogP contribution in [-0.4, -0.2) is 51.9 Å². The van der Waals surface area contributed by atoms with Crippen LogP contribution in [0.1, 0.15) is 31.7 Å². The number of rotatable bonds is 4. The lowest BCUT2D eigenvalue weighted by Crippen LogP contribution is -2.51. The number of benzene rings is 1. The Kier molecular flexibility index (Phi) is 4.35. The Morgan fingerprint density at radius 2 is 2.11 bits per heavy atom. The monoisotopic (exact) mass is 394 g/mol. The van der Waals surface area contributed by atoms with Crippen LogP contribution in [0.4, 0.5) is 10.1 Å². The van der Waals surface area contributed by atoms with E-state index >= 15 is 4.39 Å². The predicted octanol–water partition coefficient (Wildman–Crippen LogP) is -0.317. The maximum Gasteiger partial charge on any atom is 0.350 e. The van der Waals surface area contributed by atoms with E-state index in [4.69, 9.17) is 10.6 Å². The van der Waals surface area contributed by atoms with Gasteiger partial charge in [0, 0.05) is 19.1 Å². The number of piperidine rings is 1. The number of aliphatic hydroxyl groups is 2. The molecule has 1 aliphatic carbocycles. The van der Waals surface area contributed by atoms with Crippen molar-refractivity contribution in [3.8, 4) is 5.75 Å². The van der Waals surface area contributed by atoms with Crippen molar-refractivity contribution in [2.24, 2.45) is 0 Å². The number of fused-ring (bicyclic) bond motifs is 1. The number of methoxy groups -OCH3 is 1. The Bertz CT molecular complexity index is 1060. The van der Waals surface area contributed by atoms with E-state index in [0.29, 0.717) is 24.1 Å². The fraction of sp³-hybridized carbons (Fsp3) is 0.556. The number of anilines is 1. The van der Waals surface area contributed by atoms with Gasteiger partial charge in [-0.05, 0) is 31.7 Å². The van der Waals surface area contributed by atoms with Gasteiger partial charge in [0.15, 0.2) is 11.6 Å². The molecular formula is C18H23FN4O5. The summed E-state index contributed by atoms with van der Waals surface area (Å²) in [4.78, 5) is 26.7. The Morgan fingerprint density at radius 1 is 1.39 bits per heavy atom. The quantitative estimate of drug-likeness (QED) is 0.608. The minimum atomic E-state index is -1.36. The van der Waals surface area contributed by atoms with Crippen LogP contribution in [0.5, 0.6) is 5.75 Å². The molecule has 2 heterocycles. The summed E-state index contributed by atoms with van der Waals surface area (Å²) in [6.07, 6.45) is 2.42. The van der Waals surface area contributed by atoms with Crippen molar-refractivity contribution < 1.29 is 19.3 Å². The number of hydrogen-bond donors (Lipinski definition) is 3. The van der Waals surface area contributed by atoms with E-state index in [1.54, 1.807) is 4.90 Å². The maximum atomic E-state index is 15.1. The summed E-state index contributed by atoms with van der Waals surface area (Å²) >= 11 is 0. The molecule has 1 aromatic carbocycles. The van der Waals surface area contributed by atoms with E-state index in [2.05, 4.69) is 0 Å². The third-order valence-corrected chi connectivity index (χ3v) is 5.57. The molecular weight excluding hydrogens is 371 g/mol. The van der Waals surface area contributed by atoms with Crippen LogP contribution in [0.15, 0.2) is 15.7 Å². The van der Waals surface area contributed by atoms with Crippen LogP contribution in [0.25, 0.3) is 10.9 Å². The highest BCUT2D eigenvalue weighted by Gasteiger charge is 2.37. The molecule has 2 fully saturated rings. The maximum absolute atomic E-state index is 15.1. The van der Waals surface area contributed by atoms with Crippen molar-refractivity contribution in [2.45, 2.75) is 37.3 Å². The van der Waals surface area contributed by atoms with E-state index in [-0.39, 0.29) is 34.9 Å². The molecule has 2 aromatic rings. The third-order valence-electron chi connectivity index (χ3n) is 5.57. The molecule has 0 spiro atoms. The minimum absolute atomic E-state index is 0.00387. The van der Waals surface area contributed by atoms with Crippen LogP contribution < -0.4 is 26.7 Å². The average molecular weight is 394 g/mol. The molecule has 9 nitrogen and oxygen atoms in total. The summed E-state index contributed by atoms with van der Waals surface area (Å²) in [7, 11) is 1.34. The highest BCUT2D eigenvalue weighted by Crippen LogP contribution is 2.43. The summed E-state index contributed by atoms with van der Waals surface area (Å²) < 4.78 is 22.5. The molecule has 0 amide bonds. The predicted molar refractivity (Wildman–Crippen MR) is 101 cm³/mol. The lowest BCUT2D eigenvalue weighted by atomic mass is 9.93. The van der Waals surface area contributed by atoms with E-state index in [1.807, 2.05) is 0 Å². The molecule has 1 atom stereocenters. The topological polar surface area (TPSA) is 123 Å². The second-order valence-corrected chi connectivity index (χ2v) is 7.60. The first-order valence-corrected chi connectivity index (χ1v) is 9.22. The molecule has 10 heteroatoms. The highest BCUT2D eigenvalue weighted by molar-refractivity contribution is 5.91. The van der Waals surface area contributed by atoms with Gasteiger partial charge >= 0.3 is 5.69 Å². The fourth-order valence-corrected chi connectivity index (χ4v) is 4.03. The zero-order valence-corrected chi connectivity index (χ0v) is 15.5. The van der Waals surface area contributed by atoms with Gasteiger partial charge in [0.05, 0.1) is 19.1 Å². The molecule has 152 valence electrons. The Balaban J connectivity index is 2.02. The fourth-order valence-electron chi connectivity index (χ4n) is 4.03. The number of nitrogens with two attached hydrogens (primary N) is 1. The summed E-state index contributed by atoms with van der Waals surface area (Å²) in [6.45, 7) is -0.0156. The third kappa shape index (κ3) is 2.75. The van der Waals surface area contributed by atoms with E-state index < -0.39 is 29.3 Å². The number of aliphatic hydroxyl groups excluding tert-OH is 1. The van der Waals surface area contributed by atoms with Crippen LogP contribution in [0, 0.1) is 5.82 Å². The zero-order chi connectivity index (χ0) is 20.2. The summed E-state index contributed by atoms with van der Waals surface area (Å²) in [5.41, 5.74) is -2.57. The summed E-state index contributed by atoms with van der Waals surface area (Å²) in [5.74, 6) is 4.96. The van der Waals surface area contributed by atoms with Crippen LogP contribution >= 0.6 is 0 Å². The molecule has 1 unspecified atom stereocenters. The molecule has 1 saturated carbocycles. The first-order chi connectivity index (χ1) is 13.3. The first kappa shape index (κ1) is 18.8. The molecule has 4 rings (SSSR count). The molecule has 1 saturated heterocycles. The normalized spacial score (nSPS) is 22.6. The first-order valence-electron chi connectivity index (χ1n) is 9.22. The number of β-amino-alcohol motifs (C(OH)–C–C–N with tert-alkyl or cyclic N) is 1. The van der Waals surface area contributed by atoms with E-state index in [0.717, 1.165) is 18.9 Å². The zero-order valence-electron chi connectivity index (χ0n) is 15.5. The van der Waals surface area contributed by atoms with E-state index in [1.165, 1.54) is 11.7 Å². The summed E-state index contributed by atoms with van der Waals surface area (Å²) in [6, 6.07) is 0.928. The van der Waals surface area contributed by atoms with Gasteiger partial charge in [-0.25, -0.2) is 9.18 Å². The highest BCUT2D eigenvalue weighted by atomic mass is 19.1. The van der Waals surface area contributed by atoms with Crippen molar-refractivity contribution in [2.75, 3.05) is 37.5 Å². The van der Waals surface area contributed by atoms with Crippen molar-refractivity contribution >= 4 is 16.6 Å². The van der Waals surface area contributed by atoms with Crippen molar-refractivity contribution in [3.63, 3.8) is 0 Å². The number of halogens is 1. The molecule has 1 aliphatic heterocycles. The van der Waals surface area contributed by atoms with Crippen LogP contribution in [0.3, 0.4) is 0 Å². The molecule has 0 radical (unpaired) electrons. The lowest BCUT2D eigenvalue weighted by molar-refractivity contribution is -0.0242. The Hall–Kier alpha value is -2.59. The van der Waals surface area contributed by atoms with Crippen molar-refractivity contribution in [1.29, 1.82) is 0 Å². The Morgan fingerprint density at radius 3 is 2.71 bits per heavy atom. The summed E-state index contributed by atoms with van der Waals surface area (Å²) in [5, 5.41) is 19.9. The smallest absolute Gasteiger partial charge is 0.350 e. The number of nitrogen functional groups attached to an aromatic ring is 1. The van der Waals surface area contributed by atoms with Gasteiger partial charge in [-0.3, -0.25) is 9.36 Å². The molecule has 2 aliphatic rings. The van der Waals surface area contributed by atoms with Gasteiger partial charge in [-0.1, -0.05) is 0 Å². The Labute approximate surface area is 159 Å². The molecule has 1 aromatic heterocycles. The van der Waals surface area contributed by atoms with Crippen LogP contribution in [0.2, 0.25) is 0 Å². The van der Waals surface area contributed by atoms with E-state index in [9.17, 15) is 19.8 Å². The minimum Gasteiger partial charge on any atom is -0.492 e. The average Bonchev–Trinajstić information content (AvgIpc) is 3.51. The van der Waals surface area contributed by atoms with Gasteiger partial charge in [0.2, 0.25) is 0 Å². The van der Waals surface area contributed by atoms with Gasteiger partial charge in [0.25, 0.3) is 5.56 Å². The van der Waals surface area contributed by atoms with Gasteiger partial charge in [-0.15, -0.1) is 0 Å². The van der Waals surface area contributed by atoms with Gasteiger partial charge in [-0.2, -0.15) is 4.68 Å². The number of nitrogens with zero attached hydrogens (tertiary/aromatic N) is 3. The molecule has 4 N–H and O–H groups in total. The van der Waals surface area contributed by atoms with Crippen molar-refractivity contribution in [3.05, 3.63) is 32.7 Å². The van der Waals surface area contributed by atoms with Crippen LogP contribution in [-0.2, 0) is 0 Å². The molecule has 0 bridgehead atoms. The standard InChI is InChI=1S/C18H23FN4O5/c1-28-15-13-11(16(25)23(20)17(26)22(13)10-3-4-10)7-12(19)14(15)21-6-2-5-18(27,8-21)9-24/h7,10,24,27H,2-6,8-9,20H2,1H3. The largest absolute Gasteiger partial charge is 0.492 e. The van der Waals surface area contributed by atoms with Gasteiger partial charge < -0.3 is 25.7 Å². The lowest BCUT2D eigenvalue weighted by Gasteiger charge is -2.40. The molecule has 28 heavy (non-hydrogen) atoms. The number of aromatic nitrogens is 2. The second-order valence-electron chi connectivity index (χ2n) is 7.60.